The lowest BCUT2D eigenvalue weighted by molar-refractivity contribution is 0.0527. The lowest BCUT2D eigenvalue weighted by Crippen LogP contribution is -2.34. The summed E-state index contributed by atoms with van der Waals surface area (Å²) in [5, 5.41) is 5.93. The third-order valence-corrected chi connectivity index (χ3v) is 3.39. The van der Waals surface area contributed by atoms with Crippen molar-refractivity contribution in [3.8, 4) is 0 Å². The molecule has 0 heterocycles. The van der Waals surface area contributed by atoms with Crippen molar-refractivity contribution < 1.29 is 13.9 Å². The van der Waals surface area contributed by atoms with E-state index in [-0.39, 0.29) is 11.9 Å². The Morgan fingerprint density at radius 1 is 1.36 bits per heavy atom. The largest absolute Gasteiger partial charge is 0.444 e. The number of amides is 1. The van der Waals surface area contributed by atoms with Gasteiger partial charge in [0.1, 0.15) is 11.4 Å². The maximum Gasteiger partial charge on any atom is 0.407 e. The Morgan fingerprint density at radius 2 is 2.05 bits per heavy atom. The van der Waals surface area contributed by atoms with E-state index < -0.39 is 11.7 Å². The number of carbonyl (C=O) groups excluding carboxylic acids is 1. The van der Waals surface area contributed by atoms with Gasteiger partial charge in [-0.25, -0.2) is 9.18 Å². The maximum atomic E-state index is 13.7. The molecule has 22 heavy (non-hydrogen) atoms. The van der Waals surface area contributed by atoms with Crippen molar-refractivity contribution in [2.45, 2.75) is 45.8 Å². The minimum Gasteiger partial charge on any atom is -0.444 e. The first-order valence-electron chi connectivity index (χ1n) is 7.34. The van der Waals surface area contributed by atoms with Crippen LogP contribution in [0.1, 0.15) is 45.7 Å². The van der Waals surface area contributed by atoms with Crippen LogP contribution in [0.25, 0.3) is 0 Å². The highest BCUT2D eigenvalue weighted by molar-refractivity contribution is 9.10. The average molecular weight is 375 g/mol. The highest BCUT2D eigenvalue weighted by atomic mass is 79.9. The highest BCUT2D eigenvalue weighted by Gasteiger charge is 2.15. The van der Waals surface area contributed by atoms with Gasteiger partial charge in [0.2, 0.25) is 0 Å². The summed E-state index contributed by atoms with van der Waals surface area (Å²) < 4.78 is 19.7. The van der Waals surface area contributed by atoms with E-state index in [4.69, 9.17) is 4.74 Å². The minimum atomic E-state index is -0.491. The number of carbonyl (C=O) groups is 1. The lowest BCUT2D eigenvalue weighted by atomic mass is 10.1. The molecule has 0 fully saturated rings. The van der Waals surface area contributed by atoms with Crippen LogP contribution in [-0.4, -0.2) is 24.8 Å². The molecule has 1 unspecified atom stereocenters. The molecule has 2 N–H and O–H groups in total. The molecule has 1 aromatic carbocycles. The van der Waals surface area contributed by atoms with Gasteiger partial charge in [-0.3, -0.25) is 0 Å². The number of nitrogens with one attached hydrogen (secondary N) is 2. The Morgan fingerprint density at radius 3 is 2.68 bits per heavy atom. The first kappa shape index (κ1) is 18.9. The summed E-state index contributed by atoms with van der Waals surface area (Å²) in [5.74, 6) is -0.227. The van der Waals surface area contributed by atoms with Gasteiger partial charge in [-0.2, -0.15) is 0 Å². The molecule has 0 radical (unpaired) electrons. The summed E-state index contributed by atoms with van der Waals surface area (Å²) in [5.41, 5.74) is 0.129. The van der Waals surface area contributed by atoms with Crippen LogP contribution in [0.5, 0.6) is 0 Å². The fourth-order valence-electron chi connectivity index (χ4n) is 1.87. The number of alkyl carbamates (subject to hydrolysis) is 1. The molecule has 1 amide bonds. The second kappa shape index (κ2) is 8.48. The zero-order valence-corrected chi connectivity index (χ0v) is 15.1. The van der Waals surface area contributed by atoms with Gasteiger partial charge < -0.3 is 15.4 Å². The Labute approximate surface area is 139 Å². The van der Waals surface area contributed by atoms with E-state index in [0.717, 1.165) is 10.9 Å². The first-order chi connectivity index (χ1) is 10.2. The minimum absolute atomic E-state index is 0.0981. The summed E-state index contributed by atoms with van der Waals surface area (Å²) in [6, 6.07) is 4.79. The van der Waals surface area contributed by atoms with Crippen LogP contribution in [0.4, 0.5) is 9.18 Å². The Hall–Kier alpha value is -1.14. The van der Waals surface area contributed by atoms with E-state index in [1.54, 1.807) is 12.1 Å². The maximum absolute atomic E-state index is 13.7. The van der Waals surface area contributed by atoms with Crippen LogP contribution < -0.4 is 10.6 Å². The lowest BCUT2D eigenvalue weighted by Gasteiger charge is -2.20. The van der Waals surface area contributed by atoms with Crippen molar-refractivity contribution in [1.29, 1.82) is 0 Å². The third kappa shape index (κ3) is 7.22. The van der Waals surface area contributed by atoms with Crippen LogP contribution >= 0.6 is 15.9 Å². The van der Waals surface area contributed by atoms with Gasteiger partial charge >= 0.3 is 6.09 Å². The summed E-state index contributed by atoms with van der Waals surface area (Å²) in [6.45, 7) is 8.55. The second-order valence-corrected chi connectivity index (χ2v) is 7.04. The quantitative estimate of drug-likeness (QED) is 0.735. The number of ether oxygens (including phenoxy) is 1. The number of benzene rings is 1. The van der Waals surface area contributed by atoms with Gasteiger partial charge in [-0.1, -0.05) is 15.9 Å². The smallest absolute Gasteiger partial charge is 0.407 e. The molecule has 124 valence electrons. The molecule has 0 aliphatic heterocycles. The summed E-state index contributed by atoms with van der Waals surface area (Å²) in [7, 11) is 0. The number of hydrogen-bond donors (Lipinski definition) is 2. The van der Waals surface area contributed by atoms with Crippen molar-refractivity contribution >= 4 is 22.0 Å². The molecule has 1 atom stereocenters. The molecular formula is C16H24BrFN2O2. The first-order valence-corrected chi connectivity index (χ1v) is 8.13. The van der Waals surface area contributed by atoms with Crippen molar-refractivity contribution in [3.05, 3.63) is 34.1 Å². The fourth-order valence-corrected chi connectivity index (χ4v) is 2.25. The van der Waals surface area contributed by atoms with Crippen molar-refractivity contribution in [2.75, 3.05) is 13.1 Å². The number of halogens is 2. The summed E-state index contributed by atoms with van der Waals surface area (Å²) >= 11 is 3.34. The van der Waals surface area contributed by atoms with Gasteiger partial charge in [0.25, 0.3) is 0 Å². The van der Waals surface area contributed by atoms with E-state index >= 15 is 0 Å². The Bertz CT molecular complexity index is 503. The molecule has 0 saturated carbocycles. The molecule has 0 aliphatic carbocycles. The number of rotatable bonds is 6. The van der Waals surface area contributed by atoms with E-state index in [2.05, 4.69) is 26.6 Å². The molecule has 0 bridgehead atoms. The third-order valence-electron chi connectivity index (χ3n) is 2.90. The monoisotopic (exact) mass is 374 g/mol. The normalized spacial score (nSPS) is 12.8. The van der Waals surface area contributed by atoms with E-state index in [0.29, 0.717) is 18.7 Å². The number of hydrogen-bond acceptors (Lipinski definition) is 3. The predicted octanol–water partition coefficient (Wildman–Crippen LogP) is 4.15. The van der Waals surface area contributed by atoms with Crippen molar-refractivity contribution in [3.63, 3.8) is 0 Å². The average Bonchev–Trinajstić information content (AvgIpc) is 2.38. The highest BCUT2D eigenvalue weighted by Crippen LogP contribution is 2.21. The van der Waals surface area contributed by atoms with Gasteiger partial charge in [0.05, 0.1) is 0 Å². The topological polar surface area (TPSA) is 50.4 Å². The molecule has 0 aromatic heterocycles. The molecule has 4 nitrogen and oxygen atoms in total. The van der Waals surface area contributed by atoms with Crippen LogP contribution in [0, 0.1) is 5.82 Å². The van der Waals surface area contributed by atoms with E-state index in [1.807, 2.05) is 27.7 Å². The molecule has 0 aliphatic rings. The molecule has 6 heteroatoms. The van der Waals surface area contributed by atoms with Gasteiger partial charge in [-0.05, 0) is 58.9 Å². The van der Waals surface area contributed by atoms with Crippen LogP contribution in [0.3, 0.4) is 0 Å². The van der Waals surface area contributed by atoms with Crippen molar-refractivity contribution in [2.24, 2.45) is 0 Å². The summed E-state index contributed by atoms with van der Waals surface area (Å²) in [4.78, 5) is 11.5. The Kier molecular flexibility index (Phi) is 7.29. The van der Waals surface area contributed by atoms with Crippen LogP contribution in [0.2, 0.25) is 0 Å². The molecule has 1 aromatic rings. The summed E-state index contributed by atoms with van der Waals surface area (Å²) in [6.07, 6.45) is 0.317. The Balaban J connectivity index is 2.27. The molecule has 0 spiro atoms. The molecule has 1 rings (SSSR count). The van der Waals surface area contributed by atoms with Crippen molar-refractivity contribution in [1.82, 2.24) is 10.6 Å². The van der Waals surface area contributed by atoms with Crippen LogP contribution in [-0.2, 0) is 4.74 Å². The van der Waals surface area contributed by atoms with Gasteiger partial charge in [0, 0.05) is 22.6 Å². The van der Waals surface area contributed by atoms with E-state index in [9.17, 15) is 9.18 Å². The fraction of sp³-hybridized carbons (Fsp3) is 0.562. The van der Waals surface area contributed by atoms with Gasteiger partial charge in [0.15, 0.2) is 0 Å². The second-order valence-electron chi connectivity index (χ2n) is 6.12. The van der Waals surface area contributed by atoms with Crippen LogP contribution in [0.15, 0.2) is 22.7 Å². The van der Waals surface area contributed by atoms with E-state index in [1.165, 1.54) is 6.07 Å². The molecule has 0 saturated heterocycles. The molecular weight excluding hydrogens is 351 g/mol. The predicted molar refractivity (Wildman–Crippen MR) is 89.4 cm³/mol. The van der Waals surface area contributed by atoms with Gasteiger partial charge in [-0.15, -0.1) is 0 Å². The SMILES string of the molecule is CC(NCCCNC(=O)OC(C)(C)C)c1cc(Br)ccc1F. The standard InChI is InChI=1S/C16H24BrFN2O2/c1-11(13-10-12(17)6-7-14(13)18)19-8-5-9-20-15(21)22-16(2,3)4/h6-7,10-11,19H,5,8-9H2,1-4H3,(H,20,21). The zero-order valence-electron chi connectivity index (χ0n) is 13.5. The zero-order chi connectivity index (χ0) is 16.8.